The van der Waals surface area contributed by atoms with Gasteiger partial charge in [0.15, 0.2) is 0 Å². The molecular formula is C31H22O8. The zero-order chi connectivity index (χ0) is 27.3. The molecule has 0 saturated carbocycles. The van der Waals surface area contributed by atoms with E-state index in [9.17, 15) is 19.2 Å². The van der Waals surface area contributed by atoms with Crippen molar-refractivity contribution in [2.24, 2.45) is 0 Å². The molecule has 0 radical (unpaired) electrons. The first kappa shape index (κ1) is 24.4. The normalized spacial score (nSPS) is 16.4. The molecule has 0 aromatic heterocycles. The number of rotatable bonds is 6. The molecule has 2 heterocycles. The van der Waals surface area contributed by atoms with Gasteiger partial charge < -0.3 is 18.9 Å². The van der Waals surface area contributed by atoms with Gasteiger partial charge >= 0.3 is 23.9 Å². The van der Waals surface area contributed by atoms with Crippen LogP contribution in [-0.2, 0) is 24.5 Å². The summed E-state index contributed by atoms with van der Waals surface area (Å²) < 4.78 is 21.2. The number of carbonyl (C=O) groups is 4. The molecule has 6 rings (SSSR count). The second-order valence-electron chi connectivity index (χ2n) is 9.94. The van der Waals surface area contributed by atoms with E-state index in [1.54, 1.807) is 12.1 Å². The summed E-state index contributed by atoms with van der Waals surface area (Å²) in [6, 6.07) is 20.0. The Morgan fingerprint density at radius 3 is 1.85 bits per heavy atom. The van der Waals surface area contributed by atoms with Crippen molar-refractivity contribution < 1.29 is 38.1 Å². The van der Waals surface area contributed by atoms with Crippen LogP contribution in [0.15, 0.2) is 89.7 Å². The Balaban J connectivity index is 1.14. The summed E-state index contributed by atoms with van der Waals surface area (Å²) in [5, 5.41) is 0. The molecule has 3 aliphatic rings. The lowest BCUT2D eigenvalue weighted by Gasteiger charge is -2.26. The van der Waals surface area contributed by atoms with Gasteiger partial charge in [-0.15, -0.1) is 0 Å². The summed E-state index contributed by atoms with van der Waals surface area (Å²) in [5.74, 6) is -0.264. The minimum atomic E-state index is -0.675. The molecule has 3 aromatic rings. The van der Waals surface area contributed by atoms with Crippen LogP contribution in [0.1, 0.15) is 58.5 Å². The van der Waals surface area contributed by atoms with Gasteiger partial charge in [0, 0.05) is 11.8 Å². The highest BCUT2D eigenvalue weighted by Crippen LogP contribution is 2.36. The highest BCUT2D eigenvalue weighted by atomic mass is 16.6. The molecule has 39 heavy (non-hydrogen) atoms. The Morgan fingerprint density at radius 2 is 1.18 bits per heavy atom. The molecule has 0 amide bonds. The van der Waals surface area contributed by atoms with Crippen molar-refractivity contribution in [2.75, 3.05) is 0 Å². The Hall–Kier alpha value is -4.98. The fourth-order valence-electron chi connectivity index (χ4n) is 4.84. The summed E-state index contributed by atoms with van der Waals surface area (Å²) in [7, 11) is 0. The molecule has 3 aromatic carbocycles. The molecular weight excluding hydrogens is 500 g/mol. The number of hydrogen-bond donors (Lipinski definition) is 0. The van der Waals surface area contributed by atoms with Crippen molar-refractivity contribution in [2.45, 2.75) is 32.1 Å². The molecule has 2 aliphatic heterocycles. The van der Waals surface area contributed by atoms with E-state index in [4.69, 9.17) is 9.47 Å². The molecule has 8 nitrogen and oxygen atoms in total. The lowest BCUT2D eigenvalue weighted by Crippen LogP contribution is -2.18. The maximum atomic E-state index is 11.8. The number of benzene rings is 3. The minimum absolute atomic E-state index is 0.195. The van der Waals surface area contributed by atoms with Gasteiger partial charge in [-0.2, -0.15) is 0 Å². The molecule has 1 aliphatic carbocycles. The predicted octanol–water partition coefficient (Wildman–Crippen LogP) is 5.55. The Morgan fingerprint density at radius 1 is 0.615 bits per heavy atom. The van der Waals surface area contributed by atoms with E-state index in [-0.39, 0.29) is 22.1 Å². The lowest BCUT2D eigenvalue weighted by molar-refractivity contribution is -0.151. The van der Waals surface area contributed by atoms with E-state index in [2.05, 4.69) is 23.3 Å². The average molecular weight is 523 g/mol. The van der Waals surface area contributed by atoms with Gasteiger partial charge in [0.25, 0.3) is 0 Å². The van der Waals surface area contributed by atoms with E-state index in [0.29, 0.717) is 41.4 Å². The van der Waals surface area contributed by atoms with E-state index in [1.165, 1.54) is 12.1 Å². The molecule has 0 unspecified atom stereocenters. The van der Waals surface area contributed by atoms with Crippen molar-refractivity contribution >= 4 is 23.9 Å². The monoisotopic (exact) mass is 522 g/mol. The van der Waals surface area contributed by atoms with Crippen molar-refractivity contribution in [3.8, 4) is 17.2 Å². The van der Waals surface area contributed by atoms with Crippen molar-refractivity contribution in [1.82, 2.24) is 0 Å². The first-order chi connectivity index (χ1) is 18.7. The zero-order valence-electron chi connectivity index (χ0n) is 21.1. The van der Waals surface area contributed by atoms with Crippen LogP contribution in [-0.4, -0.2) is 23.9 Å². The number of cyclic esters (lactones) is 4. The van der Waals surface area contributed by atoms with E-state index >= 15 is 0 Å². The van der Waals surface area contributed by atoms with Crippen LogP contribution in [0.4, 0.5) is 0 Å². The zero-order valence-corrected chi connectivity index (χ0v) is 21.1. The number of hydrogen-bond acceptors (Lipinski definition) is 8. The standard InChI is InChI=1S/C31H22O8/c1-31(2,17-3-7-19(8-4-17)36-21-11-13-23-25(15-21)29(34)38-27(23)32)18-5-9-20(10-6-18)37-22-12-14-24-26(16-22)30(35)39-28(24)33/h3-11,13,15-16H,12,14H2,1-2H3. The quantitative estimate of drug-likeness (QED) is 0.306. The van der Waals surface area contributed by atoms with Gasteiger partial charge in [-0.25, -0.2) is 19.2 Å². The van der Waals surface area contributed by atoms with Gasteiger partial charge in [-0.3, -0.25) is 0 Å². The van der Waals surface area contributed by atoms with Crippen molar-refractivity contribution in [3.63, 3.8) is 0 Å². The third-order valence-corrected chi connectivity index (χ3v) is 7.16. The first-order valence-corrected chi connectivity index (χ1v) is 12.4. The van der Waals surface area contributed by atoms with Crippen LogP contribution < -0.4 is 9.47 Å². The Kier molecular flexibility index (Phi) is 5.68. The molecule has 0 bridgehead atoms. The Bertz CT molecular complexity index is 1620. The van der Waals surface area contributed by atoms with Crippen LogP contribution in [0.3, 0.4) is 0 Å². The second-order valence-corrected chi connectivity index (χ2v) is 9.94. The summed E-state index contributed by atoms with van der Waals surface area (Å²) >= 11 is 0. The van der Waals surface area contributed by atoms with Gasteiger partial charge in [-0.1, -0.05) is 38.1 Å². The van der Waals surface area contributed by atoms with E-state index in [1.807, 2.05) is 48.5 Å². The molecule has 0 N–H and O–H groups in total. The van der Waals surface area contributed by atoms with Crippen molar-refractivity contribution in [1.29, 1.82) is 0 Å². The summed E-state index contributed by atoms with van der Waals surface area (Å²) in [6.07, 6.45) is 2.51. The van der Waals surface area contributed by atoms with E-state index < -0.39 is 23.9 Å². The number of allylic oxidation sites excluding steroid dienone is 1. The van der Waals surface area contributed by atoms with E-state index in [0.717, 1.165) is 11.1 Å². The van der Waals surface area contributed by atoms with Crippen LogP contribution in [0.2, 0.25) is 0 Å². The fraction of sp³-hybridized carbons (Fsp3) is 0.161. The highest BCUT2D eigenvalue weighted by molar-refractivity contribution is 6.15. The van der Waals surface area contributed by atoms with Crippen LogP contribution in [0.5, 0.6) is 17.2 Å². The van der Waals surface area contributed by atoms with Crippen molar-refractivity contribution in [3.05, 3.63) is 112 Å². The Labute approximate surface area is 223 Å². The molecule has 194 valence electrons. The largest absolute Gasteiger partial charge is 0.462 e. The van der Waals surface area contributed by atoms with Crippen LogP contribution in [0.25, 0.3) is 0 Å². The third kappa shape index (κ3) is 4.40. The second kappa shape index (κ2) is 9.09. The molecule has 8 heteroatoms. The lowest BCUT2D eigenvalue weighted by atomic mass is 9.78. The van der Waals surface area contributed by atoms with Crippen LogP contribution >= 0.6 is 0 Å². The molecule has 0 fully saturated rings. The maximum absolute atomic E-state index is 11.8. The average Bonchev–Trinajstić information content (AvgIpc) is 3.37. The number of carbonyl (C=O) groups excluding carboxylic acids is 4. The fourth-order valence-corrected chi connectivity index (χ4v) is 4.84. The van der Waals surface area contributed by atoms with Gasteiger partial charge in [0.05, 0.1) is 22.3 Å². The summed E-state index contributed by atoms with van der Waals surface area (Å²) in [5.41, 5.74) is 2.92. The summed E-state index contributed by atoms with van der Waals surface area (Å²) in [4.78, 5) is 47.0. The predicted molar refractivity (Wildman–Crippen MR) is 137 cm³/mol. The van der Waals surface area contributed by atoms with Gasteiger partial charge in [-0.05, 0) is 66.1 Å². The molecule has 0 saturated heterocycles. The maximum Gasteiger partial charge on any atom is 0.347 e. The summed E-state index contributed by atoms with van der Waals surface area (Å²) in [6.45, 7) is 4.23. The first-order valence-electron chi connectivity index (χ1n) is 12.4. The third-order valence-electron chi connectivity index (χ3n) is 7.16. The number of ether oxygens (including phenoxy) is 4. The SMILES string of the molecule is CC(C)(c1ccc(OC2=CC3=C(CC2)C(=O)OC3=O)cc1)c1ccc(Oc2ccc3c(c2)C(=O)OC3=O)cc1. The van der Waals surface area contributed by atoms with Gasteiger partial charge in [0.2, 0.25) is 0 Å². The molecule has 0 atom stereocenters. The highest BCUT2D eigenvalue weighted by Gasteiger charge is 2.34. The minimum Gasteiger partial charge on any atom is -0.462 e. The number of fused-ring (bicyclic) bond motifs is 1. The molecule has 0 spiro atoms. The smallest absolute Gasteiger partial charge is 0.347 e. The topological polar surface area (TPSA) is 105 Å². The number of esters is 4. The van der Waals surface area contributed by atoms with Gasteiger partial charge in [0.1, 0.15) is 23.0 Å². The van der Waals surface area contributed by atoms with Crippen LogP contribution in [0, 0.1) is 0 Å².